The summed E-state index contributed by atoms with van der Waals surface area (Å²) in [7, 11) is 1.55. The Balaban J connectivity index is 1.65. The molecule has 8 heteroatoms. The minimum absolute atomic E-state index is 0.287. The van der Waals surface area contributed by atoms with Gasteiger partial charge in [0.05, 0.1) is 23.9 Å². The van der Waals surface area contributed by atoms with Crippen molar-refractivity contribution in [3.63, 3.8) is 0 Å². The van der Waals surface area contributed by atoms with Gasteiger partial charge >= 0.3 is 0 Å². The number of nitrogens with zero attached hydrogens (tertiary/aromatic N) is 3. The van der Waals surface area contributed by atoms with E-state index < -0.39 is 11.9 Å². The molecule has 0 fully saturated rings. The minimum Gasteiger partial charge on any atom is -0.357 e. The molecular weight excluding hydrogens is 518 g/mol. The van der Waals surface area contributed by atoms with E-state index in [1.807, 2.05) is 54.6 Å². The Labute approximate surface area is 217 Å². The number of hydrogen-bond donors (Lipinski definition) is 2. The van der Waals surface area contributed by atoms with Crippen molar-refractivity contribution in [2.24, 2.45) is 0 Å². The van der Waals surface area contributed by atoms with Gasteiger partial charge in [0.1, 0.15) is 11.7 Å². The Morgan fingerprint density at radius 2 is 1.72 bits per heavy atom. The maximum atomic E-state index is 13.5. The zero-order valence-electron chi connectivity index (χ0n) is 19.6. The molecule has 3 aromatic carbocycles. The predicted octanol–water partition coefficient (Wildman–Crippen LogP) is 4.32. The van der Waals surface area contributed by atoms with Crippen LogP contribution in [0.15, 0.2) is 89.4 Å². The highest BCUT2D eigenvalue weighted by Crippen LogP contribution is 2.21. The number of amides is 2. The van der Waals surface area contributed by atoms with Crippen LogP contribution in [0.4, 0.5) is 0 Å². The van der Waals surface area contributed by atoms with Crippen LogP contribution in [0.2, 0.25) is 0 Å². The van der Waals surface area contributed by atoms with E-state index in [9.17, 15) is 9.59 Å². The van der Waals surface area contributed by atoms with Crippen LogP contribution >= 0.6 is 15.9 Å². The van der Waals surface area contributed by atoms with Crippen LogP contribution in [0.1, 0.15) is 27.2 Å². The molecule has 0 aliphatic rings. The van der Waals surface area contributed by atoms with Gasteiger partial charge in [0.15, 0.2) is 0 Å². The van der Waals surface area contributed by atoms with Gasteiger partial charge in [-0.1, -0.05) is 70.5 Å². The van der Waals surface area contributed by atoms with E-state index >= 15 is 0 Å². The first kappa shape index (κ1) is 24.9. The highest BCUT2D eigenvalue weighted by atomic mass is 79.9. The third-order valence-electron chi connectivity index (χ3n) is 5.69. The minimum atomic E-state index is -0.768. The van der Waals surface area contributed by atoms with Gasteiger partial charge in [-0.3, -0.25) is 14.3 Å². The molecular formula is C28H24BrN5O2. The summed E-state index contributed by atoms with van der Waals surface area (Å²) in [5.74, 6) is -0.688. The van der Waals surface area contributed by atoms with Crippen molar-refractivity contribution in [1.29, 1.82) is 5.26 Å². The van der Waals surface area contributed by atoms with Gasteiger partial charge in [-0.2, -0.15) is 10.4 Å². The molecule has 0 unspecified atom stereocenters. The molecule has 4 rings (SSSR count). The predicted molar refractivity (Wildman–Crippen MR) is 141 cm³/mol. The molecule has 1 aromatic heterocycles. The van der Waals surface area contributed by atoms with E-state index in [1.165, 1.54) is 0 Å². The highest BCUT2D eigenvalue weighted by molar-refractivity contribution is 9.10. The standard InChI is InChI=1S/C28H24BrN5O2/c1-31-27(35)25(15-21-8-5-9-23(29)14-21)32-28(36)26-16-24(22-12-10-19(17-30)11-13-22)33-34(26)18-20-6-3-2-4-7-20/h2-14,16,25H,15,18H2,1H3,(H,31,35)(H,32,36)/t25-/m0/s1. The van der Waals surface area contributed by atoms with Crippen molar-refractivity contribution in [3.8, 4) is 17.3 Å². The number of hydrogen-bond acceptors (Lipinski definition) is 4. The number of rotatable bonds is 8. The monoisotopic (exact) mass is 541 g/mol. The van der Waals surface area contributed by atoms with Gasteiger partial charge < -0.3 is 10.6 Å². The number of carbonyl (C=O) groups excluding carboxylic acids is 2. The van der Waals surface area contributed by atoms with E-state index in [0.717, 1.165) is 21.2 Å². The molecule has 36 heavy (non-hydrogen) atoms. The normalized spacial score (nSPS) is 11.4. The SMILES string of the molecule is CNC(=O)[C@H](Cc1cccc(Br)c1)NC(=O)c1cc(-c2ccc(C#N)cc2)nn1Cc1ccccc1. The van der Waals surface area contributed by atoms with Gasteiger partial charge in [0, 0.05) is 23.5 Å². The summed E-state index contributed by atoms with van der Waals surface area (Å²) in [5, 5.41) is 19.3. The van der Waals surface area contributed by atoms with Crippen molar-refractivity contribution in [1.82, 2.24) is 20.4 Å². The van der Waals surface area contributed by atoms with Crippen molar-refractivity contribution < 1.29 is 9.59 Å². The van der Waals surface area contributed by atoms with Crippen LogP contribution in [-0.4, -0.2) is 34.7 Å². The zero-order chi connectivity index (χ0) is 25.5. The van der Waals surface area contributed by atoms with Crippen molar-refractivity contribution >= 4 is 27.7 Å². The second-order valence-electron chi connectivity index (χ2n) is 8.22. The third kappa shape index (κ3) is 6.06. The van der Waals surface area contributed by atoms with Crippen LogP contribution in [0, 0.1) is 11.3 Å². The summed E-state index contributed by atoms with van der Waals surface area (Å²) in [6.45, 7) is 0.385. The summed E-state index contributed by atoms with van der Waals surface area (Å²) >= 11 is 3.45. The summed E-state index contributed by atoms with van der Waals surface area (Å²) in [6, 6.07) is 27.4. The molecule has 7 nitrogen and oxygen atoms in total. The van der Waals surface area contributed by atoms with E-state index in [4.69, 9.17) is 5.26 Å². The Morgan fingerprint density at radius 3 is 2.39 bits per heavy atom. The third-order valence-corrected chi connectivity index (χ3v) is 6.19. The second kappa shape index (κ2) is 11.5. The van der Waals surface area contributed by atoms with Crippen molar-refractivity contribution in [2.45, 2.75) is 19.0 Å². The average Bonchev–Trinajstić information content (AvgIpc) is 3.32. The molecule has 2 amide bonds. The van der Waals surface area contributed by atoms with Crippen molar-refractivity contribution in [2.75, 3.05) is 7.05 Å². The lowest BCUT2D eigenvalue weighted by atomic mass is 10.0. The van der Waals surface area contributed by atoms with Gasteiger partial charge in [0.2, 0.25) is 5.91 Å². The van der Waals surface area contributed by atoms with Crippen molar-refractivity contribution in [3.05, 3.63) is 112 Å². The van der Waals surface area contributed by atoms with Crippen LogP contribution in [0.5, 0.6) is 0 Å². The lowest BCUT2D eigenvalue weighted by molar-refractivity contribution is -0.122. The number of nitriles is 1. The molecule has 0 spiro atoms. The summed E-state index contributed by atoms with van der Waals surface area (Å²) in [5.41, 5.74) is 4.16. The van der Waals surface area contributed by atoms with E-state index in [-0.39, 0.29) is 5.91 Å². The fourth-order valence-corrected chi connectivity index (χ4v) is 4.30. The molecule has 0 aliphatic carbocycles. The van der Waals surface area contributed by atoms with E-state index in [0.29, 0.717) is 29.9 Å². The highest BCUT2D eigenvalue weighted by Gasteiger charge is 2.24. The first-order valence-corrected chi connectivity index (χ1v) is 12.2. The quantitative estimate of drug-likeness (QED) is 0.347. The molecule has 180 valence electrons. The lowest BCUT2D eigenvalue weighted by Crippen LogP contribution is -2.47. The number of aromatic nitrogens is 2. The Kier molecular flexibility index (Phi) is 7.93. The number of carbonyl (C=O) groups is 2. The maximum Gasteiger partial charge on any atom is 0.270 e. The first-order chi connectivity index (χ1) is 17.5. The largest absolute Gasteiger partial charge is 0.357 e. The Bertz CT molecular complexity index is 1410. The number of likely N-dealkylation sites (N-methyl/N-ethyl adjacent to an activating group) is 1. The molecule has 0 aliphatic heterocycles. The zero-order valence-corrected chi connectivity index (χ0v) is 21.2. The Hall–Kier alpha value is -4.22. The van der Waals surface area contributed by atoms with Gasteiger partial charge in [-0.15, -0.1) is 0 Å². The fourth-order valence-electron chi connectivity index (χ4n) is 3.85. The van der Waals surface area contributed by atoms with Crippen LogP contribution in [0.25, 0.3) is 11.3 Å². The van der Waals surface area contributed by atoms with Crippen LogP contribution in [-0.2, 0) is 17.8 Å². The smallest absolute Gasteiger partial charge is 0.270 e. The fraction of sp³-hybridized carbons (Fsp3) is 0.143. The maximum absolute atomic E-state index is 13.5. The molecule has 2 N–H and O–H groups in total. The van der Waals surface area contributed by atoms with Crippen LogP contribution < -0.4 is 10.6 Å². The van der Waals surface area contributed by atoms with Gasteiger partial charge in [-0.05, 0) is 41.5 Å². The average molecular weight is 542 g/mol. The first-order valence-electron chi connectivity index (χ1n) is 11.4. The number of benzene rings is 3. The summed E-state index contributed by atoms with van der Waals surface area (Å²) in [4.78, 5) is 26.1. The van der Waals surface area contributed by atoms with E-state index in [1.54, 1.807) is 42.1 Å². The van der Waals surface area contributed by atoms with Gasteiger partial charge in [-0.25, -0.2) is 0 Å². The Morgan fingerprint density at radius 1 is 1.00 bits per heavy atom. The second-order valence-corrected chi connectivity index (χ2v) is 9.14. The molecule has 0 saturated carbocycles. The van der Waals surface area contributed by atoms with E-state index in [2.05, 4.69) is 37.7 Å². The molecule has 0 bridgehead atoms. The summed E-state index contributed by atoms with van der Waals surface area (Å²) < 4.78 is 2.54. The number of halogens is 1. The molecule has 1 heterocycles. The van der Waals surface area contributed by atoms with Crippen LogP contribution in [0.3, 0.4) is 0 Å². The van der Waals surface area contributed by atoms with Gasteiger partial charge in [0.25, 0.3) is 5.91 Å². The molecule has 4 aromatic rings. The molecule has 0 saturated heterocycles. The molecule has 0 radical (unpaired) electrons. The summed E-state index contributed by atoms with van der Waals surface area (Å²) in [6.07, 6.45) is 0.333. The lowest BCUT2D eigenvalue weighted by Gasteiger charge is -2.18. The number of nitrogens with one attached hydrogen (secondary N) is 2. The molecule has 1 atom stereocenters. The topological polar surface area (TPSA) is 99.8 Å².